The summed E-state index contributed by atoms with van der Waals surface area (Å²) in [6, 6.07) is 25.0. The Balaban J connectivity index is 0.000000272. The molecule has 0 amide bonds. The number of hydrogen-bond acceptors (Lipinski definition) is 10. The molecular weight excluding hydrogens is 963 g/mol. The Kier molecular flexibility index (Phi) is 20.3. The van der Waals surface area contributed by atoms with Crippen molar-refractivity contribution in [2.45, 2.75) is 122 Å². The molecule has 0 unspecified atom stereocenters. The average molecular weight is 1030 g/mol. The normalized spacial score (nSPS) is 11.8. The second kappa shape index (κ2) is 24.8. The summed E-state index contributed by atoms with van der Waals surface area (Å²) >= 11 is 17.3. The molecule has 0 spiro atoms. The number of fused-ring (bicyclic) bond motifs is 2. The van der Waals surface area contributed by atoms with Gasteiger partial charge in [0, 0.05) is 72.3 Å². The number of pyridine rings is 2. The molecule has 15 heteroatoms. The summed E-state index contributed by atoms with van der Waals surface area (Å²) in [6.45, 7) is 25.0. The number of aromatic nitrogens is 4. The molecule has 4 aromatic heterocycles. The third kappa shape index (κ3) is 16.8. The van der Waals surface area contributed by atoms with Crippen LogP contribution in [0.4, 0.5) is 0 Å². The molecule has 0 aliphatic carbocycles. The Hall–Kier alpha value is -5.43. The van der Waals surface area contributed by atoms with Crippen molar-refractivity contribution in [2.75, 3.05) is 27.4 Å². The van der Waals surface area contributed by atoms with Crippen LogP contribution in [0, 0.1) is 21.7 Å². The highest BCUT2D eigenvalue weighted by Crippen LogP contribution is 2.36. The number of hydrogen-bond donors (Lipinski definition) is 0. The summed E-state index contributed by atoms with van der Waals surface area (Å²) in [5, 5.41) is 1.11. The van der Waals surface area contributed by atoms with Gasteiger partial charge < -0.3 is 28.1 Å². The van der Waals surface area contributed by atoms with E-state index in [0.717, 1.165) is 39.1 Å². The summed E-state index contributed by atoms with van der Waals surface area (Å²) in [5.41, 5.74) is 6.03. The van der Waals surface area contributed by atoms with Gasteiger partial charge in [-0.1, -0.05) is 89.0 Å². The fourth-order valence-electron chi connectivity index (χ4n) is 7.84. The Morgan fingerprint density at radius 3 is 1.46 bits per heavy atom. The maximum absolute atomic E-state index is 13.8. The zero-order valence-electron chi connectivity index (χ0n) is 43.9. The van der Waals surface area contributed by atoms with Gasteiger partial charge in [-0.25, -0.2) is 9.97 Å². The van der Waals surface area contributed by atoms with Gasteiger partial charge in [0.25, 0.3) is 0 Å². The van der Waals surface area contributed by atoms with E-state index in [1.165, 1.54) is 0 Å². The molecule has 0 N–H and O–H groups in total. The van der Waals surface area contributed by atoms with Crippen molar-refractivity contribution in [3.63, 3.8) is 0 Å². The van der Waals surface area contributed by atoms with Crippen LogP contribution in [0.25, 0.3) is 22.1 Å². The molecule has 0 bridgehead atoms. The number of halogens is 3. The van der Waals surface area contributed by atoms with Gasteiger partial charge in [0.05, 0.1) is 60.4 Å². The van der Waals surface area contributed by atoms with Gasteiger partial charge in [0.1, 0.15) is 5.52 Å². The number of ketones is 1. The molecule has 0 fully saturated rings. The monoisotopic (exact) mass is 1030 g/mol. The predicted molar refractivity (Wildman–Crippen MR) is 285 cm³/mol. The van der Waals surface area contributed by atoms with E-state index in [1.54, 1.807) is 27.2 Å². The van der Waals surface area contributed by atoms with Gasteiger partial charge in [-0.05, 0) is 118 Å². The van der Waals surface area contributed by atoms with Crippen molar-refractivity contribution < 1.29 is 38.1 Å². The van der Waals surface area contributed by atoms with E-state index >= 15 is 0 Å². The summed E-state index contributed by atoms with van der Waals surface area (Å²) in [5.74, 6) is 0.481. The lowest BCUT2D eigenvalue weighted by atomic mass is 9.83. The lowest BCUT2D eigenvalue weighted by molar-refractivity contribution is -0.154. The van der Waals surface area contributed by atoms with E-state index in [-0.39, 0.29) is 33.8 Å². The molecule has 71 heavy (non-hydrogen) atoms. The lowest BCUT2D eigenvalue weighted by Crippen LogP contribution is -2.31. The number of benzene rings is 2. The van der Waals surface area contributed by atoms with E-state index < -0.39 is 10.8 Å². The van der Waals surface area contributed by atoms with Crippen LogP contribution in [0.5, 0.6) is 11.8 Å². The largest absolute Gasteiger partial charge is 0.481 e. The highest BCUT2D eigenvalue weighted by atomic mass is 35.5. The molecule has 0 atom stereocenters. The summed E-state index contributed by atoms with van der Waals surface area (Å²) in [6.07, 6.45) is 1.66. The SMILES string of the molecule is CC(C)(C)CC(=O)Cl.CCOC(=O)C(C)(C)Cc1c(C(=O)CC(C)(C)C)c2nc(OC)ccc2n1Cc1ccc(Cl)cc1.CCOC(=O)C(C)(C)Cc1cc2nc(OC)ccc2n1Cc1ccc(Cl)cc1. The van der Waals surface area contributed by atoms with Gasteiger partial charge in [-0.2, -0.15) is 0 Å². The number of methoxy groups -OCH3 is 2. The molecule has 0 aliphatic rings. The third-order valence-electron chi connectivity index (χ3n) is 11.3. The Morgan fingerprint density at radius 1 is 0.577 bits per heavy atom. The summed E-state index contributed by atoms with van der Waals surface area (Å²) in [7, 11) is 3.16. The van der Waals surface area contributed by atoms with Crippen LogP contribution in [0.1, 0.15) is 129 Å². The van der Waals surface area contributed by atoms with Gasteiger partial charge in [0.2, 0.25) is 17.0 Å². The van der Waals surface area contributed by atoms with E-state index in [1.807, 2.05) is 149 Å². The van der Waals surface area contributed by atoms with E-state index in [4.69, 9.17) is 58.7 Å². The van der Waals surface area contributed by atoms with Crippen molar-refractivity contribution in [2.24, 2.45) is 21.7 Å². The molecule has 12 nitrogen and oxygen atoms in total. The highest BCUT2D eigenvalue weighted by Gasteiger charge is 2.36. The van der Waals surface area contributed by atoms with Gasteiger partial charge in [-0.3, -0.25) is 19.2 Å². The molecule has 0 radical (unpaired) electrons. The quantitative estimate of drug-likeness (QED) is 0.0492. The second-order valence-corrected chi connectivity index (χ2v) is 22.5. The topological polar surface area (TPSA) is 141 Å². The molecule has 6 aromatic rings. The maximum atomic E-state index is 13.8. The van der Waals surface area contributed by atoms with Crippen LogP contribution < -0.4 is 9.47 Å². The number of carbonyl (C=O) groups excluding carboxylic acids is 4. The van der Waals surface area contributed by atoms with Crippen LogP contribution in [0.15, 0.2) is 78.9 Å². The van der Waals surface area contributed by atoms with Gasteiger partial charge in [-0.15, -0.1) is 0 Å². The first-order valence-corrected chi connectivity index (χ1v) is 24.9. The Bertz CT molecular complexity index is 2780. The lowest BCUT2D eigenvalue weighted by Gasteiger charge is -2.25. The first kappa shape index (κ1) is 58.1. The molecule has 4 heterocycles. The number of ether oxygens (including phenoxy) is 4. The Labute approximate surface area is 434 Å². The highest BCUT2D eigenvalue weighted by molar-refractivity contribution is 6.63. The number of esters is 2. The molecule has 0 aliphatic heterocycles. The summed E-state index contributed by atoms with van der Waals surface area (Å²) < 4.78 is 25.5. The van der Waals surface area contributed by atoms with Crippen LogP contribution in [-0.2, 0) is 49.8 Å². The van der Waals surface area contributed by atoms with Crippen LogP contribution in [-0.4, -0.2) is 69.5 Å². The zero-order chi connectivity index (χ0) is 53.1. The molecular formula is C56H71Cl3N4O8. The predicted octanol–water partition coefficient (Wildman–Crippen LogP) is 13.6. The van der Waals surface area contributed by atoms with Crippen LogP contribution >= 0.6 is 34.8 Å². The number of nitrogens with zero attached hydrogens (tertiary/aromatic N) is 4. The molecule has 2 aromatic carbocycles. The number of Topliss-reactive ketones (excluding diaryl/α,β-unsaturated/α-hetero) is 1. The third-order valence-corrected chi connectivity index (χ3v) is 11.9. The average Bonchev–Trinajstić information content (AvgIpc) is 3.75. The molecule has 0 saturated heterocycles. The van der Waals surface area contributed by atoms with Crippen molar-refractivity contribution in [3.05, 3.63) is 117 Å². The van der Waals surface area contributed by atoms with Crippen molar-refractivity contribution in [1.29, 1.82) is 0 Å². The van der Waals surface area contributed by atoms with E-state index in [2.05, 4.69) is 14.1 Å². The van der Waals surface area contributed by atoms with Crippen molar-refractivity contribution >= 4 is 79.8 Å². The maximum Gasteiger partial charge on any atom is 0.311 e. The first-order valence-electron chi connectivity index (χ1n) is 23.8. The first-order chi connectivity index (χ1) is 33.1. The second-order valence-electron chi connectivity index (χ2n) is 21.2. The number of carbonyl (C=O) groups is 4. The smallest absolute Gasteiger partial charge is 0.311 e. The van der Waals surface area contributed by atoms with Gasteiger partial charge >= 0.3 is 11.9 Å². The zero-order valence-corrected chi connectivity index (χ0v) is 46.1. The van der Waals surface area contributed by atoms with Gasteiger partial charge in [0.15, 0.2) is 5.78 Å². The number of rotatable bonds is 17. The standard InChI is InChI=1S/C28H35ClN2O4.C22H25ClN2O3.C6H11ClO/c1-8-35-26(33)28(5,6)15-21-24(22(32)16-27(2,3)4)25-20(13-14-23(30-25)34-7)31(21)17-18-9-11-19(29)12-10-18;1-5-28-21(26)22(2,3)13-17-12-18-19(10-11-20(24-18)27-4)25(17)14-15-6-8-16(23)9-7-15;1-6(2,3)4-5(7)8/h9-14H,8,15-17H2,1-7H3;6-12H,5,13-14H2,1-4H3;4H2,1-3H3. The molecule has 384 valence electrons. The van der Waals surface area contributed by atoms with Crippen molar-refractivity contribution in [3.8, 4) is 11.8 Å². The minimum absolute atomic E-state index is 0.00670. The fourth-order valence-corrected chi connectivity index (χ4v) is 8.50. The molecule has 6 rings (SSSR count). The minimum Gasteiger partial charge on any atom is -0.481 e. The van der Waals surface area contributed by atoms with E-state index in [9.17, 15) is 19.2 Å². The van der Waals surface area contributed by atoms with E-state index in [0.29, 0.717) is 84.9 Å². The van der Waals surface area contributed by atoms with Crippen LogP contribution in [0.3, 0.4) is 0 Å². The molecule has 0 saturated carbocycles. The Morgan fingerprint density at radius 2 is 1.03 bits per heavy atom. The van der Waals surface area contributed by atoms with Crippen molar-refractivity contribution in [1.82, 2.24) is 19.1 Å². The summed E-state index contributed by atoms with van der Waals surface area (Å²) in [4.78, 5) is 58.5. The van der Waals surface area contributed by atoms with Crippen LogP contribution in [0.2, 0.25) is 10.0 Å². The fraction of sp³-hybridized carbons (Fsp3) is 0.464. The minimum atomic E-state index is -0.844.